The SMILES string of the molecule is O=C(CNC(CO)CO)Nc1cccc(Br)c1. The lowest BCUT2D eigenvalue weighted by molar-refractivity contribution is -0.115. The Morgan fingerprint density at radius 2 is 2.06 bits per heavy atom. The van der Waals surface area contributed by atoms with Crippen molar-refractivity contribution < 1.29 is 15.0 Å². The van der Waals surface area contributed by atoms with Crippen molar-refractivity contribution in [2.75, 3.05) is 25.1 Å². The monoisotopic (exact) mass is 302 g/mol. The summed E-state index contributed by atoms with van der Waals surface area (Å²) in [5.41, 5.74) is 0.690. The Balaban J connectivity index is 2.39. The Kier molecular flexibility index (Phi) is 6.13. The summed E-state index contributed by atoms with van der Waals surface area (Å²) in [5.74, 6) is -0.227. The number of amides is 1. The van der Waals surface area contributed by atoms with Crippen molar-refractivity contribution in [1.82, 2.24) is 5.32 Å². The van der Waals surface area contributed by atoms with Gasteiger partial charge in [-0.2, -0.15) is 0 Å². The van der Waals surface area contributed by atoms with Crippen LogP contribution in [-0.2, 0) is 4.79 Å². The minimum absolute atomic E-state index is 0.0400. The summed E-state index contributed by atoms with van der Waals surface area (Å²) >= 11 is 3.30. The van der Waals surface area contributed by atoms with Gasteiger partial charge in [-0.15, -0.1) is 0 Å². The smallest absolute Gasteiger partial charge is 0.238 e. The number of hydrogen-bond acceptors (Lipinski definition) is 4. The Morgan fingerprint density at radius 1 is 1.35 bits per heavy atom. The molecule has 0 saturated carbocycles. The molecule has 0 saturated heterocycles. The average Bonchev–Trinajstić information content (AvgIpc) is 2.30. The molecule has 0 fully saturated rings. The van der Waals surface area contributed by atoms with Crippen molar-refractivity contribution in [2.45, 2.75) is 6.04 Å². The number of aliphatic hydroxyl groups is 2. The summed E-state index contributed by atoms with van der Waals surface area (Å²) in [6, 6.07) is 6.77. The second kappa shape index (κ2) is 7.39. The number of carbonyl (C=O) groups is 1. The molecular weight excluding hydrogens is 288 g/mol. The third-order valence-corrected chi connectivity index (χ3v) is 2.59. The first-order valence-corrected chi connectivity index (χ1v) is 5.95. The van der Waals surface area contributed by atoms with E-state index in [9.17, 15) is 4.79 Å². The fourth-order valence-electron chi connectivity index (χ4n) is 1.20. The summed E-state index contributed by atoms with van der Waals surface area (Å²) in [7, 11) is 0. The zero-order valence-corrected chi connectivity index (χ0v) is 10.8. The maximum atomic E-state index is 11.5. The molecule has 0 atom stereocenters. The standard InChI is InChI=1S/C11H15BrN2O3/c12-8-2-1-3-9(4-8)14-11(17)5-13-10(6-15)7-16/h1-4,10,13,15-16H,5-7H2,(H,14,17). The van der Waals surface area contributed by atoms with Crippen LogP contribution in [0.2, 0.25) is 0 Å². The highest BCUT2D eigenvalue weighted by atomic mass is 79.9. The number of nitrogens with one attached hydrogen (secondary N) is 2. The first-order valence-electron chi connectivity index (χ1n) is 5.16. The Labute approximate surface area is 108 Å². The van der Waals surface area contributed by atoms with E-state index in [0.29, 0.717) is 5.69 Å². The van der Waals surface area contributed by atoms with Crippen molar-refractivity contribution in [2.24, 2.45) is 0 Å². The Bertz CT molecular complexity index is 369. The molecule has 0 spiro atoms. The summed E-state index contributed by atoms with van der Waals surface area (Å²) in [5, 5.41) is 23.0. The molecule has 0 heterocycles. The normalized spacial score (nSPS) is 10.6. The van der Waals surface area contributed by atoms with E-state index in [2.05, 4.69) is 26.6 Å². The summed E-state index contributed by atoms with van der Waals surface area (Å²) in [4.78, 5) is 11.5. The second-order valence-corrected chi connectivity index (χ2v) is 4.42. The maximum absolute atomic E-state index is 11.5. The van der Waals surface area contributed by atoms with Gasteiger partial charge in [0.1, 0.15) is 0 Å². The van der Waals surface area contributed by atoms with Gasteiger partial charge in [0.25, 0.3) is 0 Å². The van der Waals surface area contributed by atoms with E-state index >= 15 is 0 Å². The highest BCUT2D eigenvalue weighted by Gasteiger charge is 2.08. The highest BCUT2D eigenvalue weighted by Crippen LogP contribution is 2.15. The van der Waals surface area contributed by atoms with Crippen molar-refractivity contribution in [3.8, 4) is 0 Å². The fourth-order valence-corrected chi connectivity index (χ4v) is 1.59. The quantitative estimate of drug-likeness (QED) is 0.610. The van der Waals surface area contributed by atoms with Crippen LogP contribution in [0.25, 0.3) is 0 Å². The van der Waals surface area contributed by atoms with Crippen LogP contribution in [0.3, 0.4) is 0 Å². The molecule has 0 unspecified atom stereocenters. The minimum Gasteiger partial charge on any atom is -0.395 e. The predicted octanol–water partition coefficient (Wildman–Crippen LogP) is 0.330. The molecule has 0 aliphatic carbocycles. The molecule has 0 aliphatic heterocycles. The molecule has 0 bridgehead atoms. The van der Waals surface area contributed by atoms with Crippen molar-refractivity contribution in [3.63, 3.8) is 0 Å². The molecule has 4 N–H and O–H groups in total. The molecule has 6 heteroatoms. The van der Waals surface area contributed by atoms with Crippen LogP contribution in [-0.4, -0.2) is 41.9 Å². The number of rotatable bonds is 6. The zero-order chi connectivity index (χ0) is 12.7. The van der Waals surface area contributed by atoms with E-state index in [1.54, 1.807) is 12.1 Å². The van der Waals surface area contributed by atoms with E-state index in [1.165, 1.54) is 0 Å². The van der Waals surface area contributed by atoms with Crippen LogP contribution in [0.5, 0.6) is 0 Å². The molecule has 1 rings (SSSR count). The number of hydrogen-bond donors (Lipinski definition) is 4. The van der Waals surface area contributed by atoms with Gasteiger partial charge in [0.05, 0.1) is 25.8 Å². The lowest BCUT2D eigenvalue weighted by atomic mass is 10.3. The lowest BCUT2D eigenvalue weighted by Crippen LogP contribution is -2.40. The zero-order valence-electron chi connectivity index (χ0n) is 9.19. The van der Waals surface area contributed by atoms with E-state index in [1.807, 2.05) is 12.1 Å². The van der Waals surface area contributed by atoms with Gasteiger partial charge in [-0.25, -0.2) is 0 Å². The molecule has 0 aliphatic rings. The summed E-state index contributed by atoms with van der Waals surface area (Å²) in [6.07, 6.45) is 0. The van der Waals surface area contributed by atoms with E-state index < -0.39 is 6.04 Å². The van der Waals surface area contributed by atoms with Gasteiger partial charge in [-0.3, -0.25) is 4.79 Å². The highest BCUT2D eigenvalue weighted by molar-refractivity contribution is 9.10. The molecule has 17 heavy (non-hydrogen) atoms. The van der Waals surface area contributed by atoms with Gasteiger partial charge in [-0.05, 0) is 18.2 Å². The Morgan fingerprint density at radius 3 is 2.65 bits per heavy atom. The molecule has 1 amide bonds. The average molecular weight is 303 g/mol. The first-order chi connectivity index (χ1) is 8.15. The molecule has 5 nitrogen and oxygen atoms in total. The van der Waals surface area contributed by atoms with Gasteiger partial charge in [0.15, 0.2) is 0 Å². The van der Waals surface area contributed by atoms with E-state index in [-0.39, 0.29) is 25.7 Å². The minimum atomic E-state index is -0.469. The Hall–Kier alpha value is -0.950. The van der Waals surface area contributed by atoms with Gasteiger partial charge >= 0.3 is 0 Å². The van der Waals surface area contributed by atoms with E-state index in [0.717, 1.165) is 4.47 Å². The predicted molar refractivity (Wildman–Crippen MR) is 68.7 cm³/mol. The second-order valence-electron chi connectivity index (χ2n) is 3.50. The van der Waals surface area contributed by atoms with Gasteiger partial charge in [0, 0.05) is 10.2 Å². The van der Waals surface area contributed by atoms with E-state index in [4.69, 9.17) is 10.2 Å². The van der Waals surface area contributed by atoms with Crippen molar-refractivity contribution in [3.05, 3.63) is 28.7 Å². The molecule has 0 aromatic heterocycles. The van der Waals surface area contributed by atoms with Crippen LogP contribution < -0.4 is 10.6 Å². The van der Waals surface area contributed by atoms with Crippen molar-refractivity contribution in [1.29, 1.82) is 0 Å². The van der Waals surface area contributed by atoms with Crippen LogP contribution in [0.1, 0.15) is 0 Å². The first kappa shape index (κ1) is 14.1. The van der Waals surface area contributed by atoms with Crippen LogP contribution in [0.15, 0.2) is 28.7 Å². The molecule has 1 aromatic rings. The molecule has 0 radical (unpaired) electrons. The van der Waals surface area contributed by atoms with Gasteiger partial charge < -0.3 is 20.8 Å². The van der Waals surface area contributed by atoms with Crippen molar-refractivity contribution >= 4 is 27.5 Å². The van der Waals surface area contributed by atoms with Crippen LogP contribution in [0, 0.1) is 0 Å². The lowest BCUT2D eigenvalue weighted by Gasteiger charge is -2.13. The number of halogens is 1. The third kappa shape index (κ3) is 5.27. The molecular formula is C11H15BrN2O3. The fraction of sp³-hybridized carbons (Fsp3) is 0.364. The largest absolute Gasteiger partial charge is 0.395 e. The number of aliphatic hydroxyl groups excluding tert-OH is 2. The number of anilines is 1. The van der Waals surface area contributed by atoms with Gasteiger partial charge in [-0.1, -0.05) is 22.0 Å². The number of benzene rings is 1. The van der Waals surface area contributed by atoms with Crippen LogP contribution in [0.4, 0.5) is 5.69 Å². The summed E-state index contributed by atoms with van der Waals surface area (Å²) < 4.78 is 0.881. The summed E-state index contributed by atoms with van der Waals surface area (Å²) in [6.45, 7) is -0.375. The van der Waals surface area contributed by atoms with Gasteiger partial charge in [0.2, 0.25) is 5.91 Å². The molecule has 1 aromatic carbocycles. The van der Waals surface area contributed by atoms with Crippen LogP contribution >= 0.6 is 15.9 Å². The number of carbonyl (C=O) groups excluding carboxylic acids is 1. The molecule has 94 valence electrons. The topological polar surface area (TPSA) is 81.6 Å². The third-order valence-electron chi connectivity index (χ3n) is 2.10. The maximum Gasteiger partial charge on any atom is 0.238 e.